The maximum Gasteiger partial charge on any atom is 0.418 e. The van der Waals surface area contributed by atoms with Crippen LogP contribution < -0.4 is 10.1 Å². The lowest BCUT2D eigenvalue weighted by molar-refractivity contribution is -0.136. The maximum atomic E-state index is 13.7. The number of fused-ring (bicyclic) bond motifs is 3. The van der Waals surface area contributed by atoms with Gasteiger partial charge in [-0.2, -0.15) is 13.2 Å². The van der Waals surface area contributed by atoms with Gasteiger partial charge < -0.3 is 19.5 Å². The molecule has 0 saturated carbocycles. The number of carbonyl (C=O) groups is 1. The van der Waals surface area contributed by atoms with Crippen molar-refractivity contribution in [3.8, 4) is 11.4 Å². The number of hydrogen-bond acceptors (Lipinski definition) is 2. The zero-order valence-electron chi connectivity index (χ0n) is 19.5. The van der Waals surface area contributed by atoms with E-state index < -0.39 is 23.8 Å². The molecule has 0 bridgehead atoms. The predicted octanol–water partition coefficient (Wildman–Crippen LogP) is 7.03. The molecule has 184 valence electrons. The highest BCUT2D eigenvalue weighted by molar-refractivity contribution is 5.91. The SMILES string of the molecule is CCOc1ccc([C@H]2c3cccn3-c3ccccc3CN2C(=O)Nc2ccccc2C(F)(F)F)cc1. The van der Waals surface area contributed by atoms with E-state index in [2.05, 4.69) is 5.32 Å². The first-order valence-electron chi connectivity index (χ1n) is 11.6. The monoisotopic (exact) mass is 491 g/mol. The Morgan fingerprint density at radius 1 is 0.972 bits per heavy atom. The van der Waals surface area contributed by atoms with Gasteiger partial charge in [-0.05, 0) is 60.5 Å². The molecule has 1 aliphatic rings. The van der Waals surface area contributed by atoms with E-state index in [-0.39, 0.29) is 12.2 Å². The standard InChI is InChI=1S/C28H24F3N3O2/c1-2-36-21-15-13-19(14-16-21)26-25-12-7-17-33(25)24-11-6-3-8-20(24)18-34(26)27(35)32-23-10-5-4-9-22(23)28(29,30)31/h3-17,26H,2,18H2,1H3,(H,32,35)/t26-/m0/s1. The number of para-hydroxylation sites is 2. The second-order valence-electron chi connectivity index (χ2n) is 8.44. The molecule has 0 saturated heterocycles. The Kier molecular flexibility index (Phi) is 6.18. The van der Waals surface area contributed by atoms with E-state index in [0.717, 1.165) is 28.6 Å². The summed E-state index contributed by atoms with van der Waals surface area (Å²) in [6.45, 7) is 2.62. The molecular formula is C28H24F3N3O2. The summed E-state index contributed by atoms with van der Waals surface area (Å²) in [4.78, 5) is 15.3. The smallest absolute Gasteiger partial charge is 0.418 e. The minimum atomic E-state index is -4.60. The van der Waals surface area contributed by atoms with Gasteiger partial charge in [0.15, 0.2) is 0 Å². The molecule has 1 atom stereocenters. The molecule has 3 aromatic carbocycles. The van der Waals surface area contributed by atoms with Crippen LogP contribution in [-0.2, 0) is 12.7 Å². The van der Waals surface area contributed by atoms with Gasteiger partial charge in [-0.1, -0.05) is 42.5 Å². The lowest BCUT2D eigenvalue weighted by Crippen LogP contribution is -2.38. The topological polar surface area (TPSA) is 46.5 Å². The Morgan fingerprint density at radius 3 is 2.44 bits per heavy atom. The molecule has 1 aromatic heterocycles. The van der Waals surface area contributed by atoms with Crippen molar-refractivity contribution >= 4 is 11.7 Å². The van der Waals surface area contributed by atoms with E-state index in [1.807, 2.05) is 78.4 Å². The van der Waals surface area contributed by atoms with Crippen LogP contribution >= 0.6 is 0 Å². The van der Waals surface area contributed by atoms with Crippen LogP contribution in [0.4, 0.5) is 23.7 Å². The number of hydrogen-bond donors (Lipinski definition) is 1. The van der Waals surface area contributed by atoms with Gasteiger partial charge in [0.05, 0.1) is 36.1 Å². The molecule has 4 aromatic rings. The zero-order valence-corrected chi connectivity index (χ0v) is 19.5. The van der Waals surface area contributed by atoms with E-state index >= 15 is 0 Å². The number of ether oxygens (including phenoxy) is 1. The van der Waals surface area contributed by atoms with Gasteiger partial charge in [0, 0.05) is 11.9 Å². The minimum Gasteiger partial charge on any atom is -0.494 e. The van der Waals surface area contributed by atoms with Crippen LogP contribution in [0.1, 0.15) is 35.3 Å². The number of amides is 2. The summed E-state index contributed by atoms with van der Waals surface area (Å²) >= 11 is 0. The highest BCUT2D eigenvalue weighted by Crippen LogP contribution is 2.39. The number of nitrogens with one attached hydrogen (secondary N) is 1. The number of anilines is 1. The first kappa shape index (κ1) is 23.5. The average Bonchev–Trinajstić information content (AvgIpc) is 3.29. The Hall–Kier alpha value is -4.20. The summed E-state index contributed by atoms with van der Waals surface area (Å²) in [5, 5.41) is 2.53. The number of nitrogens with zero attached hydrogens (tertiary/aromatic N) is 2. The predicted molar refractivity (Wildman–Crippen MR) is 131 cm³/mol. The Balaban J connectivity index is 1.60. The third-order valence-electron chi connectivity index (χ3n) is 6.21. The fraction of sp³-hybridized carbons (Fsp3) is 0.179. The van der Waals surface area contributed by atoms with Gasteiger partial charge >= 0.3 is 12.2 Å². The Morgan fingerprint density at radius 2 is 1.69 bits per heavy atom. The van der Waals surface area contributed by atoms with Crippen LogP contribution in [0.25, 0.3) is 5.69 Å². The molecule has 0 fully saturated rings. The molecule has 2 heterocycles. The van der Waals surface area contributed by atoms with Crippen molar-refractivity contribution in [2.24, 2.45) is 0 Å². The number of aromatic nitrogens is 1. The molecule has 0 spiro atoms. The number of carbonyl (C=O) groups excluding carboxylic acids is 1. The minimum absolute atomic E-state index is 0.204. The average molecular weight is 492 g/mol. The summed E-state index contributed by atoms with van der Waals surface area (Å²) in [6.07, 6.45) is -2.67. The first-order chi connectivity index (χ1) is 17.4. The summed E-state index contributed by atoms with van der Waals surface area (Å²) in [7, 11) is 0. The second-order valence-corrected chi connectivity index (χ2v) is 8.44. The molecule has 2 amide bonds. The van der Waals surface area contributed by atoms with Crippen LogP contribution in [-0.4, -0.2) is 22.1 Å². The number of urea groups is 1. The number of benzene rings is 3. The van der Waals surface area contributed by atoms with Crippen LogP contribution in [0.3, 0.4) is 0 Å². The van der Waals surface area contributed by atoms with Crippen molar-refractivity contribution in [1.29, 1.82) is 0 Å². The molecule has 8 heteroatoms. The largest absolute Gasteiger partial charge is 0.494 e. The summed E-state index contributed by atoms with van der Waals surface area (Å²) < 4.78 is 48.5. The van der Waals surface area contributed by atoms with Crippen molar-refractivity contribution in [3.63, 3.8) is 0 Å². The van der Waals surface area contributed by atoms with Crippen LogP contribution in [0.15, 0.2) is 91.1 Å². The molecule has 5 rings (SSSR count). The van der Waals surface area contributed by atoms with Gasteiger partial charge in [0.25, 0.3) is 0 Å². The lowest BCUT2D eigenvalue weighted by Gasteiger charge is -2.31. The second kappa shape index (κ2) is 9.45. The molecule has 0 unspecified atom stereocenters. The van der Waals surface area contributed by atoms with Crippen LogP contribution in [0.2, 0.25) is 0 Å². The van der Waals surface area contributed by atoms with Crippen molar-refractivity contribution in [3.05, 3.63) is 114 Å². The Bertz CT molecular complexity index is 1380. The van der Waals surface area contributed by atoms with Gasteiger partial charge in [-0.3, -0.25) is 0 Å². The highest BCUT2D eigenvalue weighted by Gasteiger charge is 2.36. The van der Waals surface area contributed by atoms with Crippen LogP contribution in [0, 0.1) is 0 Å². The fourth-order valence-electron chi connectivity index (χ4n) is 4.63. The van der Waals surface area contributed by atoms with Crippen molar-refractivity contribution in [1.82, 2.24) is 9.47 Å². The van der Waals surface area contributed by atoms with Crippen molar-refractivity contribution in [2.75, 3.05) is 11.9 Å². The van der Waals surface area contributed by atoms with E-state index in [1.165, 1.54) is 18.2 Å². The van der Waals surface area contributed by atoms with Gasteiger partial charge in [0.1, 0.15) is 5.75 Å². The van der Waals surface area contributed by atoms with Crippen molar-refractivity contribution in [2.45, 2.75) is 25.7 Å². The van der Waals surface area contributed by atoms with E-state index in [9.17, 15) is 18.0 Å². The third kappa shape index (κ3) is 4.42. The normalized spacial score (nSPS) is 15.0. The maximum absolute atomic E-state index is 13.7. The molecule has 0 aliphatic carbocycles. The van der Waals surface area contributed by atoms with E-state index in [1.54, 1.807) is 4.90 Å². The van der Waals surface area contributed by atoms with Gasteiger partial charge in [-0.15, -0.1) is 0 Å². The van der Waals surface area contributed by atoms with Crippen LogP contribution in [0.5, 0.6) is 5.75 Å². The van der Waals surface area contributed by atoms with Gasteiger partial charge in [-0.25, -0.2) is 4.79 Å². The summed E-state index contributed by atoms with van der Waals surface area (Å²) in [5.41, 5.74) is 2.25. The highest BCUT2D eigenvalue weighted by atomic mass is 19.4. The molecule has 1 N–H and O–H groups in total. The molecule has 5 nitrogen and oxygen atoms in total. The van der Waals surface area contributed by atoms with Crippen molar-refractivity contribution < 1.29 is 22.7 Å². The quantitative estimate of drug-likeness (QED) is 0.333. The number of halogens is 3. The van der Waals surface area contributed by atoms with Gasteiger partial charge in [0.2, 0.25) is 0 Å². The molecule has 0 radical (unpaired) electrons. The molecular weight excluding hydrogens is 467 g/mol. The number of rotatable bonds is 4. The summed E-state index contributed by atoms with van der Waals surface area (Å²) in [6, 6.07) is 22.8. The first-order valence-corrected chi connectivity index (χ1v) is 11.6. The fourth-order valence-corrected chi connectivity index (χ4v) is 4.63. The zero-order chi connectivity index (χ0) is 25.3. The lowest BCUT2D eigenvalue weighted by atomic mass is 10.0. The number of alkyl halides is 3. The molecule has 1 aliphatic heterocycles. The van der Waals surface area contributed by atoms with E-state index in [4.69, 9.17) is 4.74 Å². The third-order valence-corrected chi connectivity index (χ3v) is 6.21. The Labute approximate surface area is 206 Å². The van der Waals surface area contributed by atoms with E-state index in [0.29, 0.717) is 12.4 Å². The summed E-state index contributed by atoms with van der Waals surface area (Å²) in [5.74, 6) is 0.698. The molecule has 36 heavy (non-hydrogen) atoms.